The summed E-state index contributed by atoms with van der Waals surface area (Å²) in [6.45, 7) is 9.52. The highest BCUT2D eigenvalue weighted by Gasteiger charge is 2.45. The SMILES string of the molecule is CCOC(=O)c1cc2cc(F)ccc2n1CC(C)C1(C(=O)OC(C)(C)C)C=CC=N1. The van der Waals surface area contributed by atoms with Gasteiger partial charge in [-0.25, -0.2) is 14.0 Å². The van der Waals surface area contributed by atoms with Crippen LogP contribution in [-0.4, -0.2) is 40.5 Å². The van der Waals surface area contributed by atoms with Gasteiger partial charge in [-0.15, -0.1) is 0 Å². The molecule has 160 valence electrons. The van der Waals surface area contributed by atoms with E-state index in [2.05, 4.69) is 4.99 Å². The van der Waals surface area contributed by atoms with Crippen LogP contribution in [0.1, 0.15) is 45.1 Å². The highest BCUT2D eigenvalue weighted by molar-refractivity contribution is 5.96. The quantitative estimate of drug-likeness (QED) is 0.661. The Bertz CT molecular complexity index is 1020. The van der Waals surface area contributed by atoms with Crippen molar-refractivity contribution in [3.05, 3.63) is 47.9 Å². The van der Waals surface area contributed by atoms with E-state index in [1.165, 1.54) is 12.1 Å². The van der Waals surface area contributed by atoms with Gasteiger partial charge in [0.05, 0.1) is 6.61 Å². The second kappa shape index (κ2) is 8.05. The molecule has 0 amide bonds. The molecule has 0 bridgehead atoms. The van der Waals surface area contributed by atoms with Crippen LogP contribution in [0.25, 0.3) is 10.9 Å². The van der Waals surface area contributed by atoms with Gasteiger partial charge in [-0.2, -0.15) is 0 Å². The van der Waals surface area contributed by atoms with Crippen LogP contribution in [-0.2, 0) is 20.8 Å². The number of nitrogens with zero attached hydrogens (tertiary/aromatic N) is 2. The summed E-state index contributed by atoms with van der Waals surface area (Å²) in [7, 11) is 0. The van der Waals surface area contributed by atoms with Crippen molar-refractivity contribution in [3.8, 4) is 0 Å². The zero-order valence-corrected chi connectivity index (χ0v) is 17.9. The van der Waals surface area contributed by atoms with E-state index in [0.717, 1.165) is 0 Å². The van der Waals surface area contributed by atoms with Crippen LogP contribution < -0.4 is 0 Å². The molecular formula is C23H27FN2O4. The van der Waals surface area contributed by atoms with Crippen molar-refractivity contribution >= 4 is 29.1 Å². The first-order valence-corrected chi connectivity index (χ1v) is 10.00. The second-order valence-corrected chi connectivity index (χ2v) is 8.43. The van der Waals surface area contributed by atoms with Crippen LogP contribution in [0, 0.1) is 11.7 Å². The van der Waals surface area contributed by atoms with Crippen molar-refractivity contribution in [1.29, 1.82) is 0 Å². The molecule has 2 unspecified atom stereocenters. The Kier molecular flexibility index (Phi) is 5.83. The fourth-order valence-electron chi connectivity index (χ4n) is 3.60. The number of carbonyl (C=O) groups is 2. The molecule has 0 saturated heterocycles. The third-order valence-electron chi connectivity index (χ3n) is 5.01. The van der Waals surface area contributed by atoms with Crippen molar-refractivity contribution in [3.63, 3.8) is 0 Å². The summed E-state index contributed by atoms with van der Waals surface area (Å²) in [5.41, 5.74) is -0.884. The van der Waals surface area contributed by atoms with Gasteiger partial charge in [-0.3, -0.25) is 4.99 Å². The standard InChI is InChI=1S/C23H27FN2O4/c1-6-29-20(27)19-13-16-12-17(24)8-9-18(16)26(19)14-15(2)23(10-7-11-25-23)21(28)30-22(3,4)5/h7-13,15H,6,14H2,1-5H3. The number of rotatable bonds is 6. The van der Waals surface area contributed by atoms with Gasteiger partial charge in [-0.05, 0) is 64.1 Å². The molecule has 0 saturated carbocycles. The van der Waals surface area contributed by atoms with Gasteiger partial charge in [0.15, 0.2) is 5.54 Å². The Morgan fingerprint density at radius 3 is 2.60 bits per heavy atom. The van der Waals surface area contributed by atoms with E-state index in [4.69, 9.17) is 9.47 Å². The number of halogens is 1. The minimum atomic E-state index is -1.20. The summed E-state index contributed by atoms with van der Waals surface area (Å²) in [4.78, 5) is 30.0. The Labute approximate surface area is 175 Å². The summed E-state index contributed by atoms with van der Waals surface area (Å²) in [5.74, 6) is -1.70. The third kappa shape index (κ3) is 4.15. The molecule has 2 atom stereocenters. The Morgan fingerprint density at radius 2 is 2.00 bits per heavy atom. The van der Waals surface area contributed by atoms with Crippen molar-refractivity contribution in [2.75, 3.05) is 6.61 Å². The van der Waals surface area contributed by atoms with Crippen LogP contribution in [0.2, 0.25) is 0 Å². The summed E-state index contributed by atoms with van der Waals surface area (Å²) in [6.07, 6.45) is 5.02. The second-order valence-electron chi connectivity index (χ2n) is 8.43. The number of hydrogen-bond acceptors (Lipinski definition) is 5. The number of ether oxygens (including phenoxy) is 2. The maximum Gasteiger partial charge on any atom is 0.354 e. The molecular weight excluding hydrogens is 387 g/mol. The van der Waals surface area contributed by atoms with E-state index in [9.17, 15) is 14.0 Å². The molecule has 6 nitrogen and oxygen atoms in total. The number of hydrogen-bond donors (Lipinski definition) is 0. The third-order valence-corrected chi connectivity index (χ3v) is 5.01. The van der Waals surface area contributed by atoms with E-state index < -0.39 is 28.9 Å². The highest BCUT2D eigenvalue weighted by Crippen LogP contribution is 2.33. The molecule has 2 heterocycles. The van der Waals surface area contributed by atoms with E-state index in [-0.39, 0.29) is 19.1 Å². The zero-order valence-electron chi connectivity index (χ0n) is 17.9. The summed E-state index contributed by atoms with van der Waals surface area (Å²) < 4.78 is 26.3. The highest BCUT2D eigenvalue weighted by atomic mass is 19.1. The van der Waals surface area contributed by atoms with Gasteiger partial charge >= 0.3 is 11.9 Å². The van der Waals surface area contributed by atoms with Gasteiger partial charge in [0, 0.05) is 29.6 Å². The topological polar surface area (TPSA) is 69.9 Å². The first-order chi connectivity index (χ1) is 14.1. The lowest BCUT2D eigenvalue weighted by Gasteiger charge is -2.33. The van der Waals surface area contributed by atoms with Gasteiger partial charge in [0.25, 0.3) is 0 Å². The lowest BCUT2D eigenvalue weighted by atomic mass is 9.85. The molecule has 0 N–H and O–H groups in total. The molecule has 1 aromatic heterocycles. The molecule has 3 rings (SSSR count). The Morgan fingerprint density at radius 1 is 1.27 bits per heavy atom. The predicted molar refractivity (Wildman–Crippen MR) is 113 cm³/mol. The number of carbonyl (C=O) groups excluding carboxylic acids is 2. The number of allylic oxidation sites excluding steroid dienone is 1. The lowest BCUT2D eigenvalue weighted by molar-refractivity contribution is -0.161. The summed E-state index contributed by atoms with van der Waals surface area (Å²) >= 11 is 0. The van der Waals surface area contributed by atoms with Crippen LogP contribution in [0.15, 0.2) is 41.4 Å². The van der Waals surface area contributed by atoms with Crippen LogP contribution in [0.4, 0.5) is 4.39 Å². The molecule has 0 aliphatic carbocycles. The molecule has 1 aliphatic rings. The maximum atomic E-state index is 13.7. The predicted octanol–water partition coefficient (Wildman–Crippen LogP) is 4.31. The molecule has 7 heteroatoms. The Balaban J connectivity index is 2.02. The first-order valence-electron chi connectivity index (χ1n) is 10.00. The Hall–Kier alpha value is -2.96. The zero-order chi connectivity index (χ0) is 22.1. The van der Waals surface area contributed by atoms with E-state index >= 15 is 0 Å². The van der Waals surface area contributed by atoms with Crippen LogP contribution in [0.3, 0.4) is 0 Å². The van der Waals surface area contributed by atoms with Gasteiger partial charge in [0.2, 0.25) is 0 Å². The first kappa shape index (κ1) is 21.7. The molecule has 0 fully saturated rings. The number of aromatic nitrogens is 1. The van der Waals surface area contributed by atoms with Crippen molar-refractivity contribution in [1.82, 2.24) is 4.57 Å². The molecule has 1 aromatic carbocycles. The number of esters is 2. The minimum absolute atomic E-state index is 0.221. The number of benzene rings is 1. The monoisotopic (exact) mass is 414 g/mol. The molecule has 2 aromatic rings. The smallest absolute Gasteiger partial charge is 0.354 e. The number of fused-ring (bicyclic) bond motifs is 1. The van der Waals surface area contributed by atoms with Crippen molar-refractivity contribution in [2.24, 2.45) is 10.9 Å². The number of aliphatic imine (C=N–C) groups is 1. The fraction of sp³-hybridized carbons (Fsp3) is 0.435. The fourth-order valence-corrected chi connectivity index (χ4v) is 3.60. The maximum absolute atomic E-state index is 13.7. The minimum Gasteiger partial charge on any atom is -0.461 e. The van der Waals surface area contributed by atoms with Gasteiger partial charge in [-0.1, -0.05) is 6.92 Å². The van der Waals surface area contributed by atoms with E-state index in [0.29, 0.717) is 16.6 Å². The van der Waals surface area contributed by atoms with Crippen LogP contribution in [0.5, 0.6) is 0 Å². The molecule has 30 heavy (non-hydrogen) atoms. The average Bonchev–Trinajstić information content (AvgIpc) is 3.26. The van der Waals surface area contributed by atoms with Crippen LogP contribution >= 0.6 is 0 Å². The summed E-state index contributed by atoms with van der Waals surface area (Å²) in [5, 5.41) is 0.585. The molecule has 0 radical (unpaired) electrons. The van der Waals surface area contributed by atoms with Gasteiger partial charge < -0.3 is 14.0 Å². The largest absolute Gasteiger partial charge is 0.461 e. The summed E-state index contributed by atoms with van der Waals surface area (Å²) in [6, 6.07) is 5.94. The lowest BCUT2D eigenvalue weighted by Crippen LogP contribution is -2.46. The molecule has 1 aliphatic heterocycles. The van der Waals surface area contributed by atoms with Gasteiger partial charge in [0.1, 0.15) is 17.1 Å². The average molecular weight is 414 g/mol. The van der Waals surface area contributed by atoms with E-state index in [1.54, 1.807) is 62.8 Å². The molecule has 0 spiro atoms. The normalized spacial score (nSPS) is 19.3. The van der Waals surface area contributed by atoms with E-state index in [1.807, 2.05) is 6.92 Å². The van der Waals surface area contributed by atoms with Crippen molar-refractivity contribution in [2.45, 2.75) is 52.3 Å². The van der Waals surface area contributed by atoms with Crippen molar-refractivity contribution < 1.29 is 23.5 Å².